The van der Waals surface area contributed by atoms with Gasteiger partial charge < -0.3 is 10.6 Å². The third-order valence-electron chi connectivity index (χ3n) is 3.45. The first-order chi connectivity index (χ1) is 11.3. The molecule has 0 aliphatic rings. The van der Waals surface area contributed by atoms with E-state index in [2.05, 4.69) is 33.7 Å². The van der Waals surface area contributed by atoms with Crippen molar-refractivity contribution in [3.8, 4) is 0 Å². The summed E-state index contributed by atoms with van der Waals surface area (Å²) in [4.78, 5) is 5.28. The molecule has 10 heteroatoms. The molecule has 0 amide bonds. The lowest BCUT2D eigenvalue weighted by atomic mass is 10.1. The summed E-state index contributed by atoms with van der Waals surface area (Å²) in [7, 11) is 3.05. The largest absolute Gasteiger partial charge is 0.435 e. The Kier molecular flexibility index (Phi) is 8.19. The van der Waals surface area contributed by atoms with Crippen LogP contribution in [0.1, 0.15) is 29.0 Å². The van der Waals surface area contributed by atoms with Gasteiger partial charge in [-0.3, -0.25) is 9.67 Å². The summed E-state index contributed by atoms with van der Waals surface area (Å²) in [6.45, 7) is 2.71. The Hall–Kier alpha value is -1.30. The summed E-state index contributed by atoms with van der Waals surface area (Å²) >= 11 is 1.67. The van der Waals surface area contributed by atoms with E-state index >= 15 is 0 Å². The third kappa shape index (κ3) is 6.17. The number of thiophene rings is 1. The van der Waals surface area contributed by atoms with E-state index in [0.717, 1.165) is 4.68 Å². The molecule has 25 heavy (non-hydrogen) atoms. The fraction of sp³-hybridized carbons (Fsp3) is 0.467. The molecule has 2 rings (SSSR count). The van der Waals surface area contributed by atoms with Gasteiger partial charge in [0, 0.05) is 49.7 Å². The molecule has 0 saturated heterocycles. The van der Waals surface area contributed by atoms with Crippen LogP contribution >= 0.6 is 35.3 Å². The molecule has 0 bridgehead atoms. The quantitative estimate of drug-likeness (QED) is 0.385. The van der Waals surface area contributed by atoms with Gasteiger partial charge in [-0.15, -0.1) is 35.3 Å². The molecule has 2 heterocycles. The predicted octanol–water partition coefficient (Wildman–Crippen LogP) is 3.59. The van der Waals surface area contributed by atoms with Gasteiger partial charge in [0.25, 0.3) is 0 Å². The van der Waals surface area contributed by atoms with Crippen molar-refractivity contribution in [2.45, 2.75) is 25.6 Å². The van der Waals surface area contributed by atoms with E-state index in [9.17, 15) is 13.2 Å². The van der Waals surface area contributed by atoms with Crippen LogP contribution in [-0.4, -0.2) is 29.3 Å². The Morgan fingerprint density at radius 3 is 2.68 bits per heavy atom. The number of halogens is 4. The Balaban J connectivity index is 0.00000312. The van der Waals surface area contributed by atoms with Crippen LogP contribution in [0, 0.1) is 0 Å². The smallest absolute Gasteiger partial charge is 0.356 e. The molecular weight excluding hydrogens is 466 g/mol. The van der Waals surface area contributed by atoms with Crippen molar-refractivity contribution >= 4 is 41.3 Å². The van der Waals surface area contributed by atoms with Gasteiger partial charge in [0.2, 0.25) is 0 Å². The standard InChI is InChI=1S/C15H20F3N5S.HI/c1-10(12-5-4-6-24-12)7-20-14(19-2)21-8-11-9-23(3)22-13(11)15(16,17)18;/h4-6,9-10H,7-8H2,1-3H3,(H2,19,20,21);1H. The van der Waals surface area contributed by atoms with Gasteiger partial charge in [0.15, 0.2) is 11.7 Å². The zero-order chi connectivity index (χ0) is 17.7. The number of hydrogen-bond acceptors (Lipinski definition) is 3. The molecule has 2 aromatic heterocycles. The first-order valence-corrected chi connectivity index (χ1v) is 8.27. The highest BCUT2D eigenvalue weighted by atomic mass is 127. The van der Waals surface area contributed by atoms with E-state index in [1.165, 1.54) is 18.1 Å². The molecule has 0 aliphatic heterocycles. The van der Waals surface area contributed by atoms with Crippen molar-refractivity contribution < 1.29 is 13.2 Å². The van der Waals surface area contributed by atoms with Crippen molar-refractivity contribution in [1.82, 2.24) is 20.4 Å². The second-order valence-corrected chi connectivity index (χ2v) is 6.38. The molecule has 0 aromatic carbocycles. The van der Waals surface area contributed by atoms with Gasteiger partial charge in [-0.2, -0.15) is 18.3 Å². The van der Waals surface area contributed by atoms with Crippen molar-refractivity contribution in [3.63, 3.8) is 0 Å². The Morgan fingerprint density at radius 2 is 2.12 bits per heavy atom. The van der Waals surface area contributed by atoms with Gasteiger partial charge in [0.05, 0.1) is 0 Å². The molecule has 5 nitrogen and oxygen atoms in total. The molecular formula is C15H21F3IN5S. The highest BCUT2D eigenvalue weighted by Gasteiger charge is 2.36. The lowest BCUT2D eigenvalue weighted by molar-refractivity contribution is -0.142. The van der Waals surface area contributed by atoms with Gasteiger partial charge in [0.1, 0.15) is 0 Å². The number of nitrogens with zero attached hydrogens (tertiary/aromatic N) is 3. The van der Waals surface area contributed by atoms with Crippen LogP contribution in [0.25, 0.3) is 0 Å². The minimum atomic E-state index is -4.47. The summed E-state index contributed by atoms with van der Waals surface area (Å²) in [5, 5.41) is 11.5. The zero-order valence-corrected chi connectivity index (χ0v) is 17.2. The van der Waals surface area contributed by atoms with Crippen molar-refractivity contribution in [3.05, 3.63) is 39.8 Å². The summed E-state index contributed by atoms with van der Waals surface area (Å²) in [5.41, 5.74) is -0.792. The van der Waals surface area contributed by atoms with Crippen molar-refractivity contribution in [2.75, 3.05) is 13.6 Å². The summed E-state index contributed by atoms with van der Waals surface area (Å²) in [5.74, 6) is 0.739. The van der Waals surface area contributed by atoms with Crippen LogP contribution in [0.3, 0.4) is 0 Å². The van der Waals surface area contributed by atoms with Crippen LogP contribution in [0.2, 0.25) is 0 Å². The first kappa shape index (κ1) is 21.7. The van der Waals surface area contributed by atoms with Gasteiger partial charge in [-0.05, 0) is 11.4 Å². The topological polar surface area (TPSA) is 54.2 Å². The van der Waals surface area contributed by atoms with Crippen molar-refractivity contribution in [2.24, 2.45) is 12.0 Å². The van der Waals surface area contributed by atoms with Crippen LogP contribution < -0.4 is 10.6 Å². The molecule has 0 saturated carbocycles. The van der Waals surface area contributed by atoms with E-state index in [4.69, 9.17) is 0 Å². The minimum absolute atomic E-state index is 0. The molecule has 0 radical (unpaired) electrons. The number of nitrogens with one attached hydrogen (secondary N) is 2. The number of rotatable bonds is 5. The monoisotopic (exact) mass is 487 g/mol. The second kappa shape index (κ2) is 9.41. The number of alkyl halides is 3. The lowest BCUT2D eigenvalue weighted by Gasteiger charge is -2.15. The maximum atomic E-state index is 12.9. The lowest BCUT2D eigenvalue weighted by Crippen LogP contribution is -2.38. The van der Waals surface area contributed by atoms with Gasteiger partial charge in [-0.25, -0.2) is 0 Å². The number of aryl methyl sites for hydroxylation is 1. The maximum absolute atomic E-state index is 12.9. The fourth-order valence-electron chi connectivity index (χ4n) is 2.23. The molecule has 140 valence electrons. The normalized spacial score (nSPS) is 13.3. The Morgan fingerprint density at radius 1 is 1.40 bits per heavy atom. The molecule has 2 aromatic rings. The minimum Gasteiger partial charge on any atom is -0.356 e. The number of aliphatic imine (C=N–C) groups is 1. The average Bonchev–Trinajstić information content (AvgIpc) is 3.16. The second-order valence-electron chi connectivity index (χ2n) is 5.40. The summed E-state index contributed by atoms with van der Waals surface area (Å²) < 4.78 is 40.0. The fourth-order valence-corrected chi connectivity index (χ4v) is 3.01. The Bertz CT molecular complexity index is 682. The van der Waals surface area contributed by atoms with Gasteiger partial charge >= 0.3 is 6.18 Å². The third-order valence-corrected chi connectivity index (χ3v) is 4.55. The highest BCUT2D eigenvalue weighted by molar-refractivity contribution is 14.0. The van der Waals surface area contributed by atoms with Crippen LogP contribution in [-0.2, 0) is 19.8 Å². The Labute approximate surface area is 165 Å². The van der Waals surface area contributed by atoms with E-state index in [1.54, 1.807) is 18.4 Å². The van der Waals surface area contributed by atoms with Gasteiger partial charge in [-0.1, -0.05) is 13.0 Å². The van der Waals surface area contributed by atoms with Crippen LogP contribution in [0.5, 0.6) is 0 Å². The first-order valence-electron chi connectivity index (χ1n) is 7.39. The van der Waals surface area contributed by atoms with Crippen LogP contribution in [0.15, 0.2) is 28.7 Å². The molecule has 1 unspecified atom stereocenters. The highest BCUT2D eigenvalue weighted by Crippen LogP contribution is 2.30. The van der Waals surface area contributed by atoms with Crippen LogP contribution in [0.4, 0.5) is 13.2 Å². The van der Waals surface area contributed by atoms with E-state index in [1.807, 2.05) is 11.4 Å². The summed E-state index contributed by atoms with van der Waals surface area (Å²) in [6, 6.07) is 4.04. The SMILES string of the molecule is CN=C(NCc1cn(C)nc1C(F)(F)F)NCC(C)c1cccs1.I. The van der Waals surface area contributed by atoms with E-state index in [-0.39, 0.29) is 42.0 Å². The van der Waals surface area contributed by atoms with E-state index < -0.39 is 11.9 Å². The van der Waals surface area contributed by atoms with E-state index in [0.29, 0.717) is 12.5 Å². The molecule has 2 N–H and O–H groups in total. The molecule has 0 spiro atoms. The number of guanidine groups is 1. The molecule has 1 atom stereocenters. The maximum Gasteiger partial charge on any atom is 0.435 e. The summed E-state index contributed by atoms with van der Waals surface area (Å²) in [6.07, 6.45) is -3.11. The average molecular weight is 487 g/mol. The molecule has 0 aliphatic carbocycles. The molecule has 0 fully saturated rings. The number of hydrogen-bond donors (Lipinski definition) is 2. The zero-order valence-electron chi connectivity index (χ0n) is 14.1. The predicted molar refractivity (Wildman–Crippen MR) is 105 cm³/mol. The number of aromatic nitrogens is 2. The van der Waals surface area contributed by atoms with Crippen molar-refractivity contribution in [1.29, 1.82) is 0 Å².